The number of nitrogens with two attached hydrogens (primary N) is 1. The van der Waals surface area contributed by atoms with Gasteiger partial charge in [-0.15, -0.1) is 0 Å². The van der Waals surface area contributed by atoms with Crippen LogP contribution >= 0.6 is 23.2 Å². The van der Waals surface area contributed by atoms with Crippen LogP contribution in [0.25, 0.3) is 0 Å². The van der Waals surface area contributed by atoms with Gasteiger partial charge in [0.15, 0.2) is 0 Å². The Hall–Kier alpha value is -2.24. The largest absolute Gasteiger partial charge is 0.478 e. The van der Waals surface area contributed by atoms with Crippen molar-refractivity contribution in [2.45, 2.75) is 0 Å². The van der Waals surface area contributed by atoms with Crippen LogP contribution in [0.5, 0.6) is 0 Å². The highest BCUT2D eigenvalue weighted by molar-refractivity contribution is 6.33. The molecule has 0 unspecified atom stereocenters. The predicted molar refractivity (Wildman–Crippen MR) is 82.2 cm³/mol. The van der Waals surface area contributed by atoms with Crippen LogP contribution in [0.2, 0.25) is 10.0 Å². The van der Waals surface area contributed by atoms with Gasteiger partial charge in [-0.1, -0.05) is 23.2 Å². The molecule has 0 saturated carbocycles. The number of hydrogen-bond acceptors (Lipinski definition) is 3. The van der Waals surface area contributed by atoms with E-state index in [9.17, 15) is 9.59 Å². The molecule has 0 radical (unpaired) electrons. The monoisotopic (exact) mass is 324 g/mol. The zero-order chi connectivity index (χ0) is 15.6. The summed E-state index contributed by atoms with van der Waals surface area (Å²) in [6.07, 6.45) is 0. The van der Waals surface area contributed by atoms with Crippen LogP contribution in [-0.4, -0.2) is 17.0 Å². The van der Waals surface area contributed by atoms with Gasteiger partial charge in [-0.2, -0.15) is 0 Å². The molecule has 0 aromatic heterocycles. The Balaban J connectivity index is 2.27. The summed E-state index contributed by atoms with van der Waals surface area (Å²) in [6, 6.07) is 8.65. The number of carboxylic acid groups (broad SMARTS) is 1. The van der Waals surface area contributed by atoms with Crippen LogP contribution < -0.4 is 11.1 Å². The number of carboxylic acids is 1. The quantitative estimate of drug-likeness (QED) is 0.753. The van der Waals surface area contributed by atoms with E-state index in [4.69, 9.17) is 34.0 Å². The molecule has 0 aliphatic rings. The average molecular weight is 325 g/mol. The molecule has 5 nitrogen and oxygen atoms in total. The first-order valence-corrected chi connectivity index (χ1v) is 6.53. The Kier molecular flexibility index (Phi) is 4.35. The SMILES string of the molecule is Nc1cc(Cl)ccc1C(=O)Nc1ccc(Cl)c(C(=O)O)c1. The fourth-order valence-corrected chi connectivity index (χ4v) is 2.08. The molecule has 2 rings (SSSR count). The van der Waals surface area contributed by atoms with Gasteiger partial charge in [-0.05, 0) is 36.4 Å². The molecule has 0 saturated heterocycles. The van der Waals surface area contributed by atoms with Crippen molar-refractivity contribution >= 4 is 46.5 Å². The molecule has 0 aliphatic heterocycles. The van der Waals surface area contributed by atoms with Gasteiger partial charge in [0.05, 0.1) is 16.1 Å². The second-order valence-corrected chi connectivity index (χ2v) is 5.03. The van der Waals surface area contributed by atoms with E-state index in [-0.39, 0.29) is 21.8 Å². The molecular weight excluding hydrogens is 315 g/mol. The second-order valence-electron chi connectivity index (χ2n) is 4.19. The molecule has 4 N–H and O–H groups in total. The number of nitrogen functional groups attached to an aromatic ring is 1. The van der Waals surface area contributed by atoms with Gasteiger partial charge in [0, 0.05) is 16.4 Å². The summed E-state index contributed by atoms with van der Waals surface area (Å²) in [5.74, 6) is -1.65. The summed E-state index contributed by atoms with van der Waals surface area (Å²) in [7, 11) is 0. The third-order valence-electron chi connectivity index (χ3n) is 2.71. The molecule has 1 amide bonds. The first-order chi connectivity index (χ1) is 9.88. The summed E-state index contributed by atoms with van der Waals surface area (Å²) in [5, 5.41) is 12.1. The van der Waals surface area contributed by atoms with Crippen molar-refractivity contribution in [2.24, 2.45) is 0 Å². The van der Waals surface area contributed by atoms with Crippen molar-refractivity contribution in [1.82, 2.24) is 0 Å². The maximum Gasteiger partial charge on any atom is 0.337 e. The highest BCUT2D eigenvalue weighted by Crippen LogP contribution is 2.23. The third-order valence-corrected chi connectivity index (χ3v) is 3.28. The van der Waals surface area contributed by atoms with E-state index in [0.717, 1.165) is 0 Å². The van der Waals surface area contributed by atoms with Crippen molar-refractivity contribution in [1.29, 1.82) is 0 Å². The van der Waals surface area contributed by atoms with Crippen LogP contribution in [0, 0.1) is 0 Å². The lowest BCUT2D eigenvalue weighted by Crippen LogP contribution is -2.14. The van der Waals surface area contributed by atoms with Gasteiger partial charge >= 0.3 is 5.97 Å². The van der Waals surface area contributed by atoms with Crippen LogP contribution in [0.4, 0.5) is 11.4 Å². The van der Waals surface area contributed by atoms with E-state index in [2.05, 4.69) is 5.32 Å². The number of carbonyl (C=O) groups is 2. The summed E-state index contributed by atoms with van der Waals surface area (Å²) < 4.78 is 0. The van der Waals surface area contributed by atoms with Gasteiger partial charge in [0.2, 0.25) is 0 Å². The molecule has 0 atom stereocenters. The first-order valence-electron chi connectivity index (χ1n) is 5.77. The van der Waals surface area contributed by atoms with Crippen molar-refractivity contribution in [2.75, 3.05) is 11.1 Å². The summed E-state index contributed by atoms with van der Waals surface area (Å²) in [5.41, 5.74) is 6.39. The number of carbonyl (C=O) groups excluding carboxylic acids is 1. The number of anilines is 2. The minimum Gasteiger partial charge on any atom is -0.478 e. The van der Waals surface area contributed by atoms with E-state index in [1.54, 1.807) is 0 Å². The van der Waals surface area contributed by atoms with Gasteiger partial charge in [0.25, 0.3) is 5.91 Å². The van der Waals surface area contributed by atoms with Crippen molar-refractivity contribution in [3.8, 4) is 0 Å². The lowest BCUT2D eigenvalue weighted by Gasteiger charge is -2.09. The van der Waals surface area contributed by atoms with Gasteiger partial charge in [-0.3, -0.25) is 4.79 Å². The lowest BCUT2D eigenvalue weighted by molar-refractivity contribution is 0.0696. The summed E-state index contributed by atoms with van der Waals surface area (Å²) in [6.45, 7) is 0. The number of nitrogens with one attached hydrogen (secondary N) is 1. The van der Waals surface area contributed by atoms with Crippen LogP contribution in [-0.2, 0) is 0 Å². The van der Waals surface area contributed by atoms with E-state index < -0.39 is 11.9 Å². The van der Waals surface area contributed by atoms with E-state index in [1.165, 1.54) is 36.4 Å². The Morgan fingerprint density at radius 3 is 2.38 bits per heavy atom. The predicted octanol–water partition coefficient (Wildman–Crippen LogP) is 3.53. The molecular formula is C14H10Cl2N2O3. The molecule has 7 heteroatoms. The number of rotatable bonds is 3. The topological polar surface area (TPSA) is 92.4 Å². The summed E-state index contributed by atoms with van der Waals surface area (Å²) in [4.78, 5) is 23.1. The smallest absolute Gasteiger partial charge is 0.337 e. The number of halogens is 2. The minimum absolute atomic E-state index is 0.0894. The molecule has 0 fully saturated rings. The van der Waals surface area contributed by atoms with Gasteiger partial charge in [-0.25, -0.2) is 4.79 Å². The molecule has 2 aromatic rings. The summed E-state index contributed by atoms with van der Waals surface area (Å²) >= 11 is 11.5. The molecule has 0 heterocycles. The first kappa shape index (κ1) is 15.2. The Bertz CT molecular complexity index is 732. The lowest BCUT2D eigenvalue weighted by atomic mass is 10.1. The molecule has 0 bridgehead atoms. The molecule has 21 heavy (non-hydrogen) atoms. The molecule has 108 valence electrons. The van der Waals surface area contributed by atoms with E-state index in [1.807, 2.05) is 0 Å². The van der Waals surface area contributed by atoms with E-state index >= 15 is 0 Å². The maximum absolute atomic E-state index is 12.1. The number of benzene rings is 2. The molecule has 0 aliphatic carbocycles. The fourth-order valence-electron chi connectivity index (χ4n) is 1.71. The average Bonchev–Trinajstić information content (AvgIpc) is 2.40. The zero-order valence-corrected chi connectivity index (χ0v) is 12.1. The van der Waals surface area contributed by atoms with Crippen LogP contribution in [0.3, 0.4) is 0 Å². The highest BCUT2D eigenvalue weighted by Gasteiger charge is 2.13. The Labute approximate surface area is 130 Å². The number of amides is 1. The van der Waals surface area contributed by atoms with Gasteiger partial charge in [0.1, 0.15) is 0 Å². The maximum atomic E-state index is 12.1. The van der Waals surface area contributed by atoms with Gasteiger partial charge < -0.3 is 16.2 Å². The Morgan fingerprint density at radius 2 is 1.76 bits per heavy atom. The van der Waals surface area contributed by atoms with E-state index in [0.29, 0.717) is 10.7 Å². The fraction of sp³-hybridized carbons (Fsp3) is 0. The number of hydrogen-bond donors (Lipinski definition) is 3. The highest BCUT2D eigenvalue weighted by atomic mass is 35.5. The third kappa shape index (κ3) is 3.45. The zero-order valence-electron chi connectivity index (χ0n) is 10.6. The van der Waals surface area contributed by atoms with Crippen LogP contribution in [0.15, 0.2) is 36.4 Å². The molecule has 0 spiro atoms. The molecule has 2 aromatic carbocycles. The number of aromatic carboxylic acids is 1. The minimum atomic E-state index is -1.18. The Morgan fingerprint density at radius 1 is 1.05 bits per heavy atom. The van der Waals surface area contributed by atoms with Crippen LogP contribution in [0.1, 0.15) is 20.7 Å². The van der Waals surface area contributed by atoms with Crippen molar-refractivity contribution in [3.63, 3.8) is 0 Å². The normalized spacial score (nSPS) is 10.2. The second kappa shape index (κ2) is 6.03. The van der Waals surface area contributed by atoms with Crippen molar-refractivity contribution in [3.05, 3.63) is 57.6 Å². The van der Waals surface area contributed by atoms with Crippen molar-refractivity contribution < 1.29 is 14.7 Å². The standard InChI is InChI=1S/C14H10Cl2N2O3/c15-7-1-3-9(12(17)5-7)13(19)18-8-2-4-11(16)10(6-8)14(20)21/h1-6H,17H2,(H,18,19)(H,20,21).